The normalized spacial score (nSPS) is 15.1. The van der Waals surface area contributed by atoms with Crippen LogP contribution in [0.25, 0.3) is 0 Å². The van der Waals surface area contributed by atoms with Crippen LogP contribution in [0.3, 0.4) is 0 Å². The second kappa shape index (κ2) is 5.70. The third-order valence-electron chi connectivity index (χ3n) is 0.789. The molecule has 0 rings (SSSR count). The zero-order chi connectivity index (χ0) is 9.28. The molecule has 0 aromatic carbocycles. The van der Waals surface area contributed by atoms with Gasteiger partial charge in [-0.15, -0.1) is 0 Å². The number of aliphatic hydroxyl groups excluding tert-OH is 1. The second-order valence-electron chi connectivity index (χ2n) is 1.92. The van der Waals surface area contributed by atoms with Crippen molar-refractivity contribution >= 4 is 66.6 Å². The van der Waals surface area contributed by atoms with Gasteiger partial charge in [0.2, 0.25) is 0 Å². The Labute approximate surface area is 111 Å². The number of rotatable bonds is 3. The van der Waals surface area contributed by atoms with Crippen molar-refractivity contribution in [3.8, 4) is 0 Å². The van der Waals surface area contributed by atoms with Crippen LogP contribution in [0.15, 0.2) is 0 Å². The van der Waals surface area contributed by atoms with Crippen molar-refractivity contribution in [3.63, 3.8) is 0 Å². The van der Waals surface area contributed by atoms with E-state index in [1.165, 1.54) is 0 Å². The molecule has 0 saturated heterocycles. The third-order valence-corrected chi connectivity index (χ3v) is 2.86. The average molecular weight is 245 g/mol. The van der Waals surface area contributed by atoms with E-state index in [2.05, 4.69) is 0 Å². The van der Waals surface area contributed by atoms with Gasteiger partial charge in [-0.2, -0.15) is 0 Å². The molecule has 10 heteroatoms. The fourth-order valence-electron chi connectivity index (χ4n) is 0.319. The first-order valence-electron chi connectivity index (χ1n) is 2.41. The predicted molar refractivity (Wildman–Crippen MR) is 40.7 cm³/mol. The van der Waals surface area contributed by atoms with Crippen LogP contribution in [0.5, 0.6) is 0 Å². The van der Waals surface area contributed by atoms with Crippen molar-refractivity contribution in [1.82, 2.24) is 0 Å². The molecule has 0 saturated carbocycles. The van der Waals surface area contributed by atoms with Crippen molar-refractivity contribution in [2.75, 3.05) is 6.16 Å². The molecule has 0 aliphatic carbocycles. The van der Waals surface area contributed by atoms with Crippen LogP contribution in [-0.2, 0) is 9.13 Å². The summed E-state index contributed by atoms with van der Waals surface area (Å²) in [6.45, 7) is 0. The number of hydrogen-bond donors (Lipinski definition) is 5. The second-order valence-corrected chi connectivity index (χ2v) is 5.39. The SMILES string of the molecule is O=P(O)(O)CC(O)P(=O)(O)O.[K]. The van der Waals surface area contributed by atoms with Gasteiger partial charge in [0, 0.05) is 51.4 Å². The summed E-state index contributed by atoms with van der Waals surface area (Å²) in [5.74, 6) is -2.29. The van der Waals surface area contributed by atoms with Gasteiger partial charge in [0.25, 0.3) is 0 Å². The Kier molecular flexibility index (Phi) is 7.76. The van der Waals surface area contributed by atoms with Crippen molar-refractivity contribution in [1.29, 1.82) is 0 Å². The zero-order valence-electron chi connectivity index (χ0n) is 6.23. The topological polar surface area (TPSA) is 135 Å². The van der Waals surface area contributed by atoms with Crippen LogP contribution in [0.4, 0.5) is 0 Å². The average Bonchev–Trinajstić information content (AvgIpc) is 1.56. The minimum atomic E-state index is -4.79. The van der Waals surface area contributed by atoms with Crippen LogP contribution in [-0.4, -0.2) is 88.1 Å². The predicted octanol–water partition coefficient (Wildman–Crippen LogP) is -1.72. The Bertz CT molecular complexity index is 215. The Morgan fingerprint density at radius 2 is 1.42 bits per heavy atom. The summed E-state index contributed by atoms with van der Waals surface area (Å²) >= 11 is 0. The Morgan fingerprint density at radius 1 is 1.08 bits per heavy atom. The van der Waals surface area contributed by atoms with E-state index >= 15 is 0 Å². The molecule has 7 nitrogen and oxygen atoms in total. The maximum absolute atomic E-state index is 10.1. The third kappa shape index (κ3) is 8.49. The van der Waals surface area contributed by atoms with Crippen LogP contribution in [0.2, 0.25) is 0 Å². The van der Waals surface area contributed by atoms with Gasteiger partial charge in [0.05, 0.1) is 6.16 Å². The standard InChI is InChI=1S/C2H8O7P2.K/c3-2(11(7,8)9)1-10(4,5)6;/h2-3H,1H2,(H2,4,5,6)(H2,7,8,9);. The summed E-state index contributed by atoms with van der Waals surface area (Å²) in [6.07, 6.45) is -1.22. The Morgan fingerprint density at radius 3 is 1.50 bits per heavy atom. The minimum Gasteiger partial charge on any atom is -0.380 e. The minimum absolute atomic E-state index is 0. The van der Waals surface area contributed by atoms with Gasteiger partial charge in [0.15, 0.2) is 5.85 Å². The Hall–Kier alpha value is 1.90. The van der Waals surface area contributed by atoms with E-state index < -0.39 is 27.2 Å². The monoisotopic (exact) mass is 245 g/mol. The quantitative estimate of drug-likeness (QED) is 0.294. The van der Waals surface area contributed by atoms with Crippen LogP contribution < -0.4 is 0 Å². The largest absolute Gasteiger partial charge is 0.380 e. The first-order chi connectivity index (χ1) is 4.63. The zero-order valence-corrected chi connectivity index (χ0v) is 11.1. The van der Waals surface area contributed by atoms with E-state index in [1.54, 1.807) is 0 Å². The number of hydrogen-bond acceptors (Lipinski definition) is 3. The van der Waals surface area contributed by atoms with Crippen molar-refractivity contribution in [3.05, 3.63) is 0 Å². The van der Waals surface area contributed by atoms with E-state index in [1.807, 2.05) is 0 Å². The summed E-state index contributed by atoms with van der Waals surface area (Å²) in [6, 6.07) is 0. The molecule has 12 heavy (non-hydrogen) atoms. The first-order valence-corrected chi connectivity index (χ1v) is 5.89. The molecule has 0 bridgehead atoms. The van der Waals surface area contributed by atoms with Crippen molar-refractivity contribution in [2.24, 2.45) is 0 Å². The van der Waals surface area contributed by atoms with Crippen molar-refractivity contribution < 1.29 is 33.8 Å². The van der Waals surface area contributed by atoms with Gasteiger partial charge in [0.1, 0.15) is 0 Å². The molecule has 0 amide bonds. The molecule has 69 valence electrons. The van der Waals surface area contributed by atoms with E-state index in [0.717, 1.165) is 0 Å². The molecule has 1 unspecified atom stereocenters. The Balaban J connectivity index is 0. The van der Waals surface area contributed by atoms with E-state index in [9.17, 15) is 9.13 Å². The fraction of sp³-hybridized carbons (Fsp3) is 1.00. The van der Waals surface area contributed by atoms with E-state index in [0.29, 0.717) is 0 Å². The van der Waals surface area contributed by atoms with Gasteiger partial charge in [-0.05, 0) is 0 Å². The molecule has 0 fully saturated rings. The molecular formula is C2H8KO7P2. The van der Waals surface area contributed by atoms with E-state index in [-0.39, 0.29) is 51.4 Å². The van der Waals surface area contributed by atoms with Crippen LogP contribution in [0.1, 0.15) is 0 Å². The smallest absolute Gasteiger partial charge is 0.354 e. The summed E-state index contributed by atoms with van der Waals surface area (Å²) < 4.78 is 20.2. The molecule has 0 aromatic rings. The van der Waals surface area contributed by atoms with E-state index in [4.69, 9.17) is 24.7 Å². The van der Waals surface area contributed by atoms with Gasteiger partial charge in [-0.3, -0.25) is 9.13 Å². The molecule has 0 aliphatic rings. The maximum Gasteiger partial charge on any atom is 0.354 e. The first kappa shape index (κ1) is 16.3. The molecule has 0 heterocycles. The molecule has 0 spiro atoms. The summed E-state index contributed by atoms with van der Waals surface area (Å²) in [7, 11) is -9.35. The summed E-state index contributed by atoms with van der Waals surface area (Å²) in [5.41, 5.74) is 0. The van der Waals surface area contributed by atoms with Gasteiger partial charge >= 0.3 is 15.2 Å². The van der Waals surface area contributed by atoms with Gasteiger partial charge in [-0.1, -0.05) is 0 Å². The van der Waals surface area contributed by atoms with Crippen LogP contribution >= 0.6 is 15.2 Å². The molecule has 0 aliphatic heterocycles. The van der Waals surface area contributed by atoms with Crippen LogP contribution in [0, 0.1) is 0 Å². The van der Waals surface area contributed by atoms with Crippen molar-refractivity contribution in [2.45, 2.75) is 5.85 Å². The molecule has 1 radical (unpaired) electrons. The van der Waals surface area contributed by atoms with Gasteiger partial charge < -0.3 is 24.7 Å². The van der Waals surface area contributed by atoms with Gasteiger partial charge in [-0.25, -0.2) is 0 Å². The summed E-state index contributed by atoms with van der Waals surface area (Å²) in [4.78, 5) is 32.7. The molecule has 5 N–H and O–H groups in total. The molecular weight excluding hydrogens is 237 g/mol. The summed E-state index contributed by atoms with van der Waals surface area (Å²) in [5, 5.41) is 8.47. The molecule has 0 aromatic heterocycles. The molecule has 1 atom stereocenters. The number of aliphatic hydroxyl groups is 1. The fourth-order valence-corrected chi connectivity index (χ4v) is 2.23. The maximum atomic E-state index is 10.1.